The second-order valence-electron chi connectivity index (χ2n) is 5.87. The molecule has 6 nitrogen and oxygen atoms in total. The molecule has 2 aromatic carbocycles. The van der Waals surface area contributed by atoms with Crippen molar-refractivity contribution in [3.05, 3.63) is 60.7 Å². The summed E-state index contributed by atoms with van der Waals surface area (Å²) in [4.78, 5) is 24.1. The maximum Gasteiger partial charge on any atom is 0.343 e. The summed E-state index contributed by atoms with van der Waals surface area (Å²) in [6, 6.07) is 13.1. The number of hydrogen-bond donors (Lipinski definition) is 0. The van der Waals surface area contributed by atoms with E-state index in [1.165, 1.54) is 12.1 Å². The number of hydrogen-bond acceptors (Lipinski definition) is 5. The van der Waals surface area contributed by atoms with Gasteiger partial charge in [0.05, 0.1) is 31.2 Å². The molecule has 0 saturated carbocycles. The van der Waals surface area contributed by atoms with E-state index in [9.17, 15) is 9.59 Å². The predicted octanol–water partition coefficient (Wildman–Crippen LogP) is 4.25. The molecule has 0 atom stereocenters. The fraction of sp³-hybridized carbons (Fsp3) is 0.150. The first-order chi connectivity index (χ1) is 13.4. The van der Waals surface area contributed by atoms with Crippen LogP contribution in [0.25, 0.3) is 6.08 Å². The van der Waals surface area contributed by atoms with Crippen molar-refractivity contribution in [3.8, 4) is 5.75 Å². The first-order valence-electron chi connectivity index (χ1n) is 8.26. The van der Waals surface area contributed by atoms with E-state index in [1.807, 2.05) is 55.5 Å². The second kappa shape index (κ2) is 9.03. The first-order valence-corrected chi connectivity index (χ1v) is 10.4. The highest BCUT2D eigenvalue weighted by atomic mass is 127. The van der Waals surface area contributed by atoms with E-state index in [-0.39, 0.29) is 12.5 Å². The fourth-order valence-corrected chi connectivity index (χ4v) is 4.71. The van der Waals surface area contributed by atoms with E-state index in [1.54, 1.807) is 0 Å². The summed E-state index contributed by atoms with van der Waals surface area (Å²) in [5.41, 5.74) is 2.78. The molecule has 0 radical (unpaired) electrons. The Balaban J connectivity index is 1.86. The first kappa shape index (κ1) is 20.8. The van der Waals surface area contributed by atoms with E-state index in [0.29, 0.717) is 17.0 Å². The Labute approximate surface area is 189 Å². The van der Waals surface area contributed by atoms with Crippen molar-refractivity contribution in [2.24, 2.45) is 5.10 Å². The molecule has 1 aliphatic rings. The molecule has 1 heterocycles. The number of amides is 1. The van der Waals surface area contributed by atoms with Gasteiger partial charge in [0.2, 0.25) is 0 Å². The van der Waals surface area contributed by atoms with Gasteiger partial charge in [-0.05, 0) is 88.0 Å². The standard InChI is InChI=1S/C20H16I2N2O4/c1-12-15(20(26)24(23-12)14-6-4-3-5-7-14)8-13-9-16(21)19(17(22)10-13)28-11-18(25)27-2/h3-10H,11H2,1-2H3/b15-8+. The second-order valence-corrected chi connectivity index (χ2v) is 8.20. The van der Waals surface area contributed by atoms with E-state index in [4.69, 9.17) is 4.74 Å². The third-order valence-corrected chi connectivity index (χ3v) is 5.56. The molecule has 2 aromatic rings. The summed E-state index contributed by atoms with van der Waals surface area (Å²) in [5.74, 6) is 0.00437. The normalized spacial score (nSPS) is 15.0. The largest absolute Gasteiger partial charge is 0.480 e. The van der Waals surface area contributed by atoms with Gasteiger partial charge in [0.25, 0.3) is 5.91 Å². The minimum atomic E-state index is -0.442. The molecule has 0 fully saturated rings. The van der Waals surface area contributed by atoms with Crippen LogP contribution in [0.1, 0.15) is 12.5 Å². The van der Waals surface area contributed by atoms with Crippen molar-refractivity contribution in [3.63, 3.8) is 0 Å². The molecule has 0 aromatic heterocycles. The lowest BCUT2D eigenvalue weighted by Gasteiger charge is -2.12. The van der Waals surface area contributed by atoms with Gasteiger partial charge in [-0.15, -0.1) is 0 Å². The van der Waals surface area contributed by atoms with E-state index >= 15 is 0 Å². The number of benzene rings is 2. The van der Waals surface area contributed by atoms with Crippen molar-refractivity contribution in [2.75, 3.05) is 18.7 Å². The maximum absolute atomic E-state index is 12.8. The van der Waals surface area contributed by atoms with Gasteiger partial charge in [-0.3, -0.25) is 4.79 Å². The van der Waals surface area contributed by atoms with Crippen LogP contribution in [0, 0.1) is 7.14 Å². The van der Waals surface area contributed by atoms with Crippen LogP contribution in [0.4, 0.5) is 5.69 Å². The number of para-hydroxylation sites is 1. The van der Waals surface area contributed by atoms with Crippen molar-refractivity contribution in [1.29, 1.82) is 0 Å². The fourth-order valence-electron chi connectivity index (χ4n) is 2.59. The lowest BCUT2D eigenvalue weighted by atomic mass is 10.1. The Morgan fingerprint density at radius 3 is 2.43 bits per heavy atom. The SMILES string of the molecule is COC(=O)COc1c(I)cc(/C=C2/C(=O)N(c3ccccc3)N=C2C)cc1I. The number of carbonyl (C=O) groups is 2. The van der Waals surface area contributed by atoms with Gasteiger partial charge in [-0.25, -0.2) is 4.79 Å². The third kappa shape index (κ3) is 4.54. The summed E-state index contributed by atoms with van der Waals surface area (Å²) in [6.45, 7) is 1.66. The molecular weight excluding hydrogens is 586 g/mol. The van der Waals surface area contributed by atoms with Gasteiger partial charge in [0.15, 0.2) is 6.61 Å². The lowest BCUT2D eigenvalue weighted by Crippen LogP contribution is -2.21. The van der Waals surface area contributed by atoms with Crippen LogP contribution in [0.2, 0.25) is 0 Å². The summed E-state index contributed by atoms with van der Waals surface area (Å²) < 4.78 is 11.8. The number of esters is 1. The van der Waals surface area contributed by atoms with E-state index in [2.05, 4.69) is 55.0 Å². The van der Waals surface area contributed by atoms with Gasteiger partial charge < -0.3 is 9.47 Å². The molecule has 1 amide bonds. The summed E-state index contributed by atoms with van der Waals surface area (Å²) in [5, 5.41) is 5.80. The molecule has 0 aliphatic carbocycles. The lowest BCUT2D eigenvalue weighted by molar-refractivity contribution is -0.142. The Bertz CT molecular complexity index is 964. The van der Waals surface area contributed by atoms with Gasteiger partial charge in [0, 0.05) is 0 Å². The third-order valence-electron chi connectivity index (χ3n) is 3.96. The summed E-state index contributed by atoms with van der Waals surface area (Å²) in [7, 11) is 1.32. The van der Waals surface area contributed by atoms with Gasteiger partial charge in [-0.2, -0.15) is 10.1 Å². The number of ether oxygens (including phenoxy) is 2. The van der Waals surface area contributed by atoms with Gasteiger partial charge in [-0.1, -0.05) is 18.2 Å². The molecule has 3 rings (SSSR count). The zero-order valence-corrected chi connectivity index (χ0v) is 19.4. The van der Waals surface area contributed by atoms with Crippen LogP contribution in [0.5, 0.6) is 5.75 Å². The van der Waals surface area contributed by atoms with Crippen LogP contribution < -0.4 is 9.75 Å². The number of halogens is 2. The van der Waals surface area contributed by atoms with Crippen molar-refractivity contribution >= 4 is 74.5 Å². The van der Waals surface area contributed by atoms with Crippen LogP contribution in [0.15, 0.2) is 53.1 Å². The minimum absolute atomic E-state index is 0.154. The molecule has 8 heteroatoms. The van der Waals surface area contributed by atoms with Crippen molar-refractivity contribution < 1.29 is 19.1 Å². The van der Waals surface area contributed by atoms with Crippen LogP contribution in [-0.4, -0.2) is 31.3 Å². The number of carbonyl (C=O) groups excluding carboxylic acids is 2. The Kier molecular flexibility index (Phi) is 6.70. The topological polar surface area (TPSA) is 68.2 Å². The molecule has 0 saturated heterocycles. The van der Waals surface area contributed by atoms with Crippen LogP contribution in [-0.2, 0) is 14.3 Å². The summed E-state index contributed by atoms with van der Waals surface area (Å²) >= 11 is 4.29. The number of anilines is 1. The minimum Gasteiger partial charge on any atom is -0.480 e. The number of rotatable bonds is 5. The Morgan fingerprint density at radius 2 is 1.82 bits per heavy atom. The molecule has 144 valence electrons. The highest BCUT2D eigenvalue weighted by molar-refractivity contribution is 14.1. The van der Waals surface area contributed by atoms with Gasteiger partial charge in [0.1, 0.15) is 5.75 Å². The van der Waals surface area contributed by atoms with E-state index in [0.717, 1.165) is 18.4 Å². The number of nitrogens with zero attached hydrogens (tertiary/aromatic N) is 2. The monoisotopic (exact) mass is 602 g/mol. The van der Waals surface area contributed by atoms with E-state index < -0.39 is 5.97 Å². The molecule has 0 unspecified atom stereocenters. The highest BCUT2D eigenvalue weighted by Crippen LogP contribution is 2.31. The number of methoxy groups -OCH3 is 1. The van der Waals surface area contributed by atoms with Gasteiger partial charge >= 0.3 is 5.97 Å². The highest BCUT2D eigenvalue weighted by Gasteiger charge is 2.28. The summed E-state index contributed by atoms with van der Waals surface area (Å²) in [6.07, 6.45) is 1.82. The predicted molar refractivity (Wildman–Crippen MR) is 124 cm³/mol. The maximum atomic E-state index is 12.8. The van der Waals surface area contributed by atoms with Crippen LogP contribution >= 0.6 is 45.2 Å². The number of hydrazone groups is 1. The molecule has 0 spiro atoms. The van der Waals surface area contributed by atoms with Crippen molar-refractivity contribution in [2.45, 2.75) is 6.92 Å². The average Bonchev–Trinajstić information content (AvgIpc) is 2.96. The zero-order chi connectivity index (χ0) is 20.3. The van der Waals surface area contributed by atoms with Crippen LogP contribution in [0.3, 0.4) is 0 Å². The average molecular weight is 602 g/mol. The molecule has 0 N–H and O–H groups in total. The van der Waals surface area contributed by atoms with Crippen molar-refractivity contribution in [1.82, 2.24) is 0 Å². The molecule has 0 bridgehead atoms. The Hall–Kier alpha value is -1.95. The Morgan fingerprint density at radius 1 is 1.18 bits per heavy atom. The smallest absolute Gasteiger partial charge is 0.343 e. The quantitative estimate of drug-likeness (QED) is 0.292. The molecule has 28 heavy (non-hydrogen) atoms. The molecule has 1 aliphatic heterocycles. The molecular formula is C20H16I2N2O4. The zero-order valence-electron chi connectivity index (χ0n) is 15.1.